The summed E-state index contributed by atoms with van der Waals surface area (Å²) in [6.07, 6.45) is 0.607. The van der Waals surface area contributed by atoms with Gasteiger partial charge < -0.3 is 10.4 Å². The summed E-state index contributed by atoms with van der Waals surface area (Å²) in [5.74, 6) is 0.0718. The highest BCUT2D eigenvalue weighted by Gasteiger charge is 2.50. The van der Waals surface area contributed by atoms with E-state index in [0.29, 0.717) is 20.6 Å². The first-order valence-electron chi connectivity index (χ1n) is 8.48. The number of nitrogens with one attached hydrogen (secondary N) is 1. The summed E-state index contributed by atoms with van der Waals surface area (Å²) in [4.78, 5) is 12.6. The van der Waals surface area contributed by atoms with Crippen LogP contribution in [0, 0.1) is 0 Å². The number of phenolic OH excluding ortho intramolecular Hbond substituents is 1. The normalized spacial score (nSPS) is 18.5. The zero-order valence-electron chi connectivity index (χ0n) is 15.3. The number of phenols is 1. The Labute approximate surface area is 172 Å². The first kappa shape index (κ1) is 20.1. The zero-order valence-corrected chi connectivity index (χ0v) is 16.9. The molecule has 0 aliphatic carbocycles. The van der Waals surface area contributed by atoms with Gasteiger partial charge in [-0.25, -0.2) is 9.80 Å². The highest BCUT2D eigenvalue weighted by Crippen LogP contribution is 2.42. The van der Waals surface area contributed by atoms with Gasteiger partial charge in [-0.3, -0.25) is 5.21 Å². The molecule has 0 saturated carbocycles. The van der Waals surface area contributed by atoms with Gasteiger partial charge in [-0.2, -0.15) is 10.2 Å². The third-order valence-electron chi connectivity index (χ3n) is 4.11. The summed E-state index contributed by atoms with van der Waals surface area (Å²) >= 11 is 6.72. The van der Waals surface area contributed by atoms with Crippen molar-refractivity contribution < 1.29 is 15.1 Å². The number of benzene rings is 2. The number of nitrogens with zero attached hydrogens (tertiary/aromatic N) is 3. The Morgan fingerprint density at radius 1 is 1.25 bits per heavy atom. The molecule has 3 N–H and O–H groups in total. The van der Waals surface area contributed by atoms with Gasteiger partial charge in [0.25, 0.3) is 0 Å². The van der Waals surface area contributed by atoms with Crippen molar-refractivity contribution in [2.45, 2.75) is 24.8 Å². The minimum absolute atomic E-state index is 0.0718. The lowest BCUT2D eigenvalue weighted by Gasteiger charge is -2.34. The molecule has 0 unspecified atom stereocenters. The van der Waals surface area contributed by atoms with Crippen LogP contribution in [-0.2, 0) is 0 Å². The molecule has 3 rings (SSSR count). The Balaban J connectivity index is 1.84. The maximum Gasteiger partial charge on any atom is 0.347 e. The van der Waals surface area contributed by atoms with Gasteiger partial charge in [0, 0.05) is 11.3 Å². The lowest BCUT2D eigenvalue weighted by Crippen LogP contribution is -2.54. The number of hydrogen-bond acceptors (Lipinski definition) is 6. The Morgan fingerprint density at radius 3 is 2.57 bits per heavy atom. The largest absolute Gasteiger partial charge is 0.507 e. The molecule has 7 nitrogen and oxygen atoms in total. The van der Waals surface area contributed by atoms with Crippen LogP contribution < -0.4 is 5.32 Å². The van der Waals surface area contributed by atoms with Gasteiger partial charge in [-0.05, 0) is 38.1 Å². The highest BCUT2D eigenvalue weighted by molar-refractivity contribution is 8.24. The van der Waals surface area contributed by atoms with Gasteiger partial charge in [0.1, 0.15) is 5.75 Å². The van der Waals surface area contributed by atoms with Crippen molar-refractivity contribution >= 4 is 46.2 Å². The average molecular weight is 417 g/mol. The van der Waals surface area contributed by atoms with E-state index in [-0.39, 0.29) is 5.75 Å². The van der Waals surface area contributed by atoms with Crippen molar-refractivity contribution in [1.29, 1.82) is 0 Å². The molecule has 0 bridgehead atoms. The molecule has 0 spiro atoms. The number of carbonyl (C=O) groups excluding carboxylic acids is 1. The van der Waals surface area contributed by atoms with Crippen molar-refractivity contribution in [2.75, 3.05) is 5.32 Å². The fraction of sp³-hybridized carbons (Fsp3) is 0.211. The van der Waals surface area contributed by atoms with Gasteiger partial charge in [0.2, 0.25) is 0 Å². The van der Waals surface area contributed by atoms with Crippen molar-refractivity contribution in [3.05, 3.63) is 60.2 Å². The number of hydrogen-bond donors (Lipinski definition) is 3. The number of urea groups is 1. The second-order valence-corrected chi connectivity index (χ2v) is 8.92. The first-order chi connectivity index (χ1) is 13.3. The predicted octanol–water partition coefficient (Wildman–Crippen LogP) is 4.09. The molecule has 0 aromatic heterocycles. The smallest absolute Gasteiger partial charge is 0.347 e. The van der Waals surface area contributed by atoms with E-state index in [0.717, 1.165) is 0 Å². The fourth-order valence-corrected chi connectivity index (χ4v) is 4.55. The predicted molar refractivity (Wildman–Crippen MR) is 115 cm³/mol. The number of anilines is 1. The Kier molecular flexibility index (Phi) is 5.87. The molecule has 1 heterocycles. The molecule has 2 aromatic carbocycles. The van der Waals surface area contributed by atoms with Crippen molar-refractivity contribution in [3.63, 3.8) is 0 Å². The molecule has 0 radical (unpaired) electrons. The van der Waals surface area contributed by atoms with E-state index < -0.39 is 16.9 Å². The van der Waals surface area contributed by atoms with Crippen molar-refractivity contribution in [3.8, 4) is 5.75 Å². The first-order valence-corrected chi connectivity index (χ1v) is 9.70. The minimum Gasteiger partial charge on any atom is -0.507 e. The monoisotopic (exact) mass is 416 g/mol. The number of thioether (sulfide) groups is 1. The van der Waals surface area contributed by atoms with E-state index in [4.69, 9.17) is 12.2 Å². The van der Waals surface area contributed by atoms with E-state index in [9.17, 15) is 15.1 Å². The van der Waals surface area contributed by atoms with E-state index >= 15 is 0 Å². The number of para-hydroxylation sites is 2. The number of amides is 2. The van der Waals surface area contributed by atoms with Gasteiger partial charge in [-0.15, -0.1) is 0 Å². The summed E-state index contributed by atoms with van der Waals surface area (Å²) in [6, 6.07) is 14.9. The fourth-order valence-electron chi connectivity index (χ4n) is 2.76. The van der Waals surface area contributed by atoms with Crippen molar-refractivity contribution in [1.82, 2.24) is 10.1 Å². The van der Waals surface area contributed by atoms with Crippen molar-refractivity contribution in [2.24, 2.45) is 5.10 Å². The number of aromatic hydroxyl groups is 1. The Bertz CT molecular complexity index is 905. The average Bonchev–Trinajstić information content (AvgIpc) is 2.89. The molecule has 146 valence electrons. The molecule has 9 heteroatoms. The van der Waals surface area contributed by atoms with Crippen LogP contribution >= 0.6 is 24.0 Å². The number of rotatable bonds is 4. The minimum atomic E-state index is -0.837. The molecule has 2 amide bonds. The molecule has 1 aliphatic rings. The van der Waals surface area contributed by atoms with Crippen LogP contribution in [0.4, 0.5) is 10.5 Å². The van der Waals surface area contributed by atoms with Gasteiger partial charge >= 0.3 is 6.03 Å². The van der Waals surface area contributed by atoms with Gasteiger partial charge in [-0.1, -0.05) is 54.3 Å². The second-order valence-electron chi connectivity index (χ2n) is 6.63. The quantitative estimate of drug-likeness (QED) is 0.301. The zero-order chi connectivity index (χ0) is 20.3. The maximum atomic E-state index is 12.6. The van der Waals surface area contributed by atoms with Crippen LogP contribution in [0.3, 0.4) is 0 Å². The molecule has 1 saturated heterocycles. The van der Waals surface area contributed by atoms with E-state index in [1.54, 1.807) is 48.5 Å². The lowest BCUT2D eigenvalue weighted by atomic mass is 10.1. The van der Waals surface area contributed by atoms with Crippen LogP contribution in [0.5, 0.6) is 5.75 Å². The molecule has 28 heavy (non-hydrogen) atoms. The third-order valence-corrected chi connectivity index (χ3v) is 5.65. The third kappa shape index (κ3) is 4.27. The van der Waals surface area contributed by atoms with E-state index in [1.807, 2.05) is 19.9 Å². The number of carbonyl (C=O) groups is 1. The molecule has 2 aromatic rings. The summed E-state index contributed by atoms with van der Waals surface area (Å²) in [7, 11) is 0. The summed E-state index contributed by atoms with van der Waals surface area (Å²) in [5.41, 5.74) is 1.05. The Hall–Kier alpha value is -2.62. The topological polar surface area (TPSA) is 88.4 Å². The number of hydrazone groups is 1. The SMILES string of the molecule is CC1(C)SC(=S)N(/N=C\c2ccccc2O)[C@H]1N(O)C(=O)Nc1ccccc1. The molecular formula is C19H20N4O3S2. The summed E-state index contributed by atoms with van der Waals surface area (Å²) in [6.45, 7) is 3.73. The van der Waals surface area contributed by atoms with Gasteiger partial charge in [0.15, 0.2) is 10.5 Å². The second kappa shape index (κ2) is 8.17. The Morgan fingerprint density at radius 2 is 1.89 bits per heavy atom. The molecule has 1 atom stereocenters. The van der Waals surface area contributed by atoms with Crippen LogP contribution in [0.1, 0.15) is 19.4 Å². The highest BCUT2D eigenvalue weighted by atomic mass is 32.2. The van der Waals surface area contributed by atoms with Crippen LogP contribution in [0.15, 0.2) is 59.7 Å². The van der Waals surface area contributed by atoms with E-state index in [1.165, 1.54) is 23.0 Å². The van der Waals surface area contributed by atoms with E-state index in [2.05, 4.69) is 10.4 Å². The molecule has 1 aliphatic heterocycles. The van der Waals surface area contributed by atoms with Crippen LogP contribution in [0.25, 0.3) is 0 Å². The summed E-state index contributed by atoms with van der Waals surface area (Å²) < 4.78 is -0.205. The summed E-state index contributed by atoms with van der Waals surface area (Å²) in [5, 5.41) is 29.5. The lowest BCUT2D eigenvalue weighted by molar-refractivity contribution is -0.114. The van der Waals surface area contributed by atoms with Crippen LogP contribution in [-0.4, -0.2) is 47.9 Å². The maximum absolute atomic E-state index is 12.6. The molecule has 1 fully saturated rings. The van der Waals surface area contributed by atoms with Gasteiger partial charge in [0.05, 0.1) is 11.0 Å². The number of thiocarbonyl (C=S) groups is 1. The number of hydroxylamine groups is 2. The van der Waals surface area contributed by atoms with Crippen LogP contribution in [0.2, 0.25) is 0 Å². The standard InChI is InChI=1S/C19H20N4O3S2/c1-19(2)16(23(26)17(25)21-14-9-4-3-5-10-14)22(18(27)28-19)20-12-13-8-6-7-11-15(13)24/h3-12,16,24,26H,1-2H3,(H,21,25)/b20-12-/t16-/m0/s1. The molecular weight excluding hydrogens is 396 g/mol.